The number of nitrogens with zero attached hydrogens (tertiary/aromatic N) is 1. The molecule has 0 spiro atoms. The molecule has 0 fully saturated rings. The van der Waals surface area contributed by atoms with E-state index in [1.165, 1.54) is 12.1 Å². The highest BCUT2D eigenvalue weighted by Gasteiger charge is 2.08. The molecule has 0 atom stereocenters. The number of esters is 1. The van der Waals surface area contributed by atoms with Gasteiger partial charge in [0, 0.05) is 12.1 Å². The van der Waals surface area contributed by atoms with Gasteiger partial charge < -0.3 is 9.84 Å². The summed E-state index contributed by atoms with van der Waals surface area (Å²) in [6.45, 7) is 1.94. The number of ether oxygens (including phenoxy) is 1. The minimum absolute atomic E-state index is 0.105. The van der Waals surface area contributed by atoms with E-state index in [2.05, 4.69) is 16.6 Å². The molecule has 1 aromatic rings. The van der Waals surface area contributed by atoms with Crippen LogP contribution in [-0.4, -0.2) is 22.6 Å². The zero-order valence-electron chi connectivity index (χ0n) is 9.67. The Morgan fingerprint density at radius 2 is 2.28 bits per heavy atom. The van der Waals surface area contributed by atoms with Crippen molar-refractivity contribution in [2.24, 2.45) is 0 Å². The largest absolute Gasteiger partial charge is 0.507 e. The third-order valence-corrected chi connectivity index (χ3v) is 1.95. The molecule has 0 aromatic heterocycles. The molecule has 0 bridgehead atoms. The van der Waals surface area contributed by atoms with E-state index in [-0.39, 0.29) is 30.0 Å². The number of nitro benzene ring substituents is 1. The number of phenolic OH excluding ortho intramolecular Hbond substituents is 1. The normalized spacial score (nSPS) is 9.17. The van der Waals surface area contributed by atoms with Crippen LogP contribution in [0.15, 0.2) is 18.2 Å². The second kappa shape index (κ2) is 6.25. The molecule has 0 aliphatic rings. The smallest absolute Gasteiger partial charge is 0.317 e. The van der Waals surface area contributed by atoms with Gasteiger partial charge in [-0.15, -0.1) is 0 Å². The number of hydrogen-bond donors (Lipinski definition) is 1. The number of hydrogen-bond acceptors (Lipinski definition) is 5. The van der Waals surface area contributed by atoms with Crippen LogP contribution < -0.4 is 0 Å². The first-order valence-corrected chi connectivity index (χ1v) is 5.16. The van der Waals surface area contributed by atoms with Gasteiger partial charge in [0.05, 0.1) is 17.1 Å². The fraction of sp³-hybridized carbons (Fsp3) is 0.250. The molecule has 0 saturated carbocycles. The first-order chi connectivity index (χ1) is 8.54. The Kier molecular flexibility index (Phi) is 4.69. The van der Waals surface area contributed by atoms with Crippen molar-refractivity contribution in [1.29, 1.82) is 0 Å². The zero-order valence-corrected chi connectivity index (χ0v) is 9.67. The lowest BCUT2D eigenvalue weighted by Gasteiger charge is -1.97. The van der Waals surface area contributed by atoms with E-state index in [9.17, 15) is 20.0 Å². The Balaban J connectivity index is 2.84. The number of phenols is 1. The molecular weight excluding hydrogens is 238 g/mol. The second-order valence-corrected chi connectivity index (χ2v) is 3.24. The summed E-state index contributed by atoms with van der Waals surface area (Å²) in [6, 6.07) is 3.51. The molecule has 0 aliphatic carbocycles. The van der Waals surface area contributed by atoms with Crippen molar-refractivity contribution in [2.75, 3.05) is 6.61 Å². The van der Waals surface area contributed by atoms with Gasteiger partial charge in [0.2, 0.25) is 0 Å². The lowest BCUT2D eigenvalue weighted by atomic mass is 10.2. The van der Waals surface area contributed by atoms with Crippen molar-refractivity contribution in [3.8, 4) is 17.6 Å². The number of non-ortho nitro benzene ring substituents is 1. The molecular formula is C12H11NO5. The average Bonchev–Trinajstić information content (AvgIpc) is 2.31. The molecule has 1 N–H and O–H groups in total. The maximum absolute atomic E-state index is 11.0. The van der Waals surface area contributed by atoms with E-state index >= 15 is 0 Å². The average molecular weight is 249 g/mol. The number of rotatable bonds is 3. The second-order valence-electron chi connectivity index (χ2n) is 3.24. The summed E-state index contributed by atoms with van der Waals surface area (Å²) in [5.74, 6) is 4.33. The Bertz CT molecular complexity index is 527. The van der Waals surface area contributed by atoms with Crippen molar-refractivity contribution in [1.82, 2.24) is 0 Å². The standard InChI is InChI=1S/C12H11NO5/c1-2-18-12(15)5-3-4-9-8-10(13(16)17)6-7-11(9)14/h6-8,14H,2,5H2,1H3. The third kappa shape index (κ3) is 3.79. The predicted octanol–water partition coefficient (Wildman–Crippen LogP) is 1.61. The maximum Gasteiger partial charge on any atom is 0.317 e. The highest BCUT2D eigenvalue weighted by Crippen LogP contribution is 2.21. The van der Waals surface area contributed by atoms with Crippen molar-refractivity contribution in [3.63, 3.8) is 0 Å². The van der Waals surface area contributed by atoms with Crippen LogP contribution in [0.4, 0.5) is 5.69 Å². The van der Waals surface area contributed by atoms with Crippen LogP contribution in [0.2, 0.25) is 0 Å². The molecule has 6 nitrogen and oxygen atoms in total. The Labute approximate surface area is 103 Å². The van der Waals surface area contributed by atoms with Crippen LogP contribution in [-0.2, 0) is 9.53 Å². The SMILES string of the molecule is CCOC(=O)CC#Cc1cc([N+](=O)[O-])ccc1O. The fourth-order valence-electron chi connectivity index (χ4n) is 1.16. The molecule has 0 saturated heterocycles. The first kappa shape index (κ1) is 13.5. The zero-order chi connectivity index (χ0) is 13.5. The fourth-order valence-corrected chi connectivity index (χ4v) is 1.16. The third-order valence-electron chi connectivity index (χ3n) is 1.95. The van der Waals surface area contributed by atoms with E-state index in [0.29, 0.717) is 0 Å². The van der Waals surface area contributed by atoms with Gasteiger partial charge in [-0.1, -0.05) is 11.8 Å². The number of nitro groups is 1. The highest BCUT2D eigenvalue weighted by atomic mass is 16.6. The molecule has 18 heavy (non-hydrogen) atoms. The maximum atomic E-state index is 11.0. The summed E-state index contributed by atoms with van der Waals surface area (Å²) < 4.78 is 4.66. The van der Waals surface area contributed by atoms with Gasteiger partial charge in [-0.2, -0.15) is 0 Å². The topological polar surface area (TPSA) is 89.7 Å². The minimum atomic E-state index is -0.587. The van der Waals surface area contributed by atoms with Crippen LogP contribution >= 0.6 is 0 Å². The van der Waals surface area contributed by atoms with Crippen LogP contribution in [0.5, 0.6) is 5.75 Å². The van der Waals surface area contributed by atoms with Gasteiger partial charge in [-0.05, 0) is 13.0 Å². The quantitative estimate of drug-likeness (QED) is 0.380. The summed E-state index contributed by atoms with van der Waals surface area (Å²) in [4.78, 5) is 20.9. The van der Waals surface area contributed by atoms with Crippen LogP contribution in [0, 0.1) is 22.0 Å². The minimum Gasteiger partial charge on any atom is -0.507 e. The van der Waals surface area contributed by atoms with Crippen molar-refractivity contribution in [3.05, 3.63) is 33.9 Å². The number of carbonyl (C=O) groups is 1. The van der Waals surface area contributed by atoms with E-state index in [0.717, 1.165) is 6.07 Å². The van der Waals surface area contributed by atoms with Crippen molar-refractivity contribution >= 4 is 11.7 Å². The summed E-state index contributed by atoms with van der Waals surface area (Å²) >= 11 is 0. The van der Waals surface area contributed by atoms with E-state index < -0.39 is 10.9 Å². The van der Waals surface area contributed by atoms with Gasteiger partial charge in [-0.25, -0.2) is 0 Å². The number of carbonyl (C=O) groups excluding carboxylic acids is 1. The summed E-state index contributed by atoms with van der Waals surface area (Å²) in [7, 11) is 0. The van der Waals surface area contributed by atoms with Gasteiger partial charge in [0.25, 0.3) is 5.69 Å². The molecule has 0 unspecified atom stereocenters. The molecule has 0 aliphatic heterocycles. The van der Waals surface area contributed by atoms with Gasteiger partial charge >= 0.3 is 5.97 Å². The van der Waals surface area contributed by atoms with Gasteiger partial charge in [0.15, 0.2) is 0 Å². The Morgan fingerprint density at radius 3 is 2.89 bits per heavy atom. The van der Waals surface area contributed by atoms with Gasteiger partial charge in [-0.3, -0.25) is 14.9 Å². The lowest BCUT2D eigenvalue weighted by Crippen LogP contribution is -2.01. The number of aromatic hydroxyl groups is 1. The molecule has 1 aromatic carbocycles. The van der Waals surface area contributed by atoms with Crippen molar-refractivity contribution in [2.45, 2.75) is 13.3 Å². The van der Waals surface area contributed by atoms with Crippen LogP contribution in [0.25, 0.3) is 0 Å². The predicted molar refractivity (Wildman–Crippen MR) is 62.9 cm³/mol. The van der Waals surface area contributed by atoms with E-state index in [1.54, 1.807) is 6.92 Å². The molecule has 94 valence electrons. The van der Waals surface area contributed by atoms with Crippen molar-refractivity contribution < 1.29 is 19.6 Å². The monoisotopic (exact) mass is 249 g/mol. The molecule has 0 heterocycles. The summed E-state index contributed by atoms with van der Waals surface area (Å²) in [5, 5.41) is 20.0. The number of benzene rings is 1. The van der Waals surface area contributed by atoms with E-state index in [4.69, 9.17) is 0 Å². The lowest BCUT2D eigenvalue weighted by molar-refractivity contribution is -0.384. The molecule has 0 radical (unpaired) electrons. The highest BCUT2D eigenvalue weighted by molar-refractivity contribution is 5.72. The van der Waals surface area contributed by atoms with Gasteiger partial charge in [0.1, 0.15) is 12.2 Å². The Morgan fingerprint density at radius 1 is 1.56 bits per heavy atom. The first-order valence-electron chi connectivity index (χ1n) is 5.16. The molecule has 6 heteroatoms. The van der Waals surface area contributed by atoms with E-state index in [1.807, 2.05) is 0 Å². The summed E-state index contributed by atoms with van der Waals surface area (Å²) in [5.41, 5.74) is -0.0678. The van der Waals surface area contributed by atoms with Crippen LogP contribution in [0.1, 0.15) is 18.9 Å². The Hall–Kier alpha value is -2.55. The van der Waals surface area contributed by atoms with Crippen LogP contribution in [0.3, 0.4) is 0 Å². The molecule has 0 amide bonds. The summed E-state index contributed by atoms with van der Waals surface area (Å²) in [6.07, 6.45) is -0.129. The molecule has 1 rings (SSSR count).